The van der Waals surface area contributed by atoms with Gasteiger partial charge in [-0.05, 0) is 18.6 Å². The molecule has 6 nitrogen and oxygen atoms in total. The highest BCUT2D eigenvalue weighted by molar-refractivity contribution is 5.81. The molecule has 0 saturated carbocycles. The van der Waals surface area contributed by atoms with Crippen LogP contribution in [0.4, 0.5) is 4.39 Å². The normalized spacial score (nSPS) is 12.0. The topological polar surface area (TPSA) is 68.5 Å². The zero-order valence-electron chi connectivity index (χ0n) is 12.5. The molecule has 1 aromatic heterocycles. The van der Waals surface area contributed by atoms with Gasteiger partial charge in [0, 0.05) is 20.0 Å². The molecule has 2 rings (SSSR count). The van der Waals surface area contributed by atoms with Crippen molar-refractivity contribution < 1.29 is 18.4 Å². The van der Waals surface area contributed by atoms with Crippen molar-refractivity contribution in [3.8, 4) is 5.75 Å². The predicted molar refractivity (Wildman–Crippen MR) is 76.7 cm³/mol. The van der Waals surface area contributed by atoms with Crippen molar-refractivity contribution in [2.75, 3.05) is 13.6 Å². The minimum atomic E-state index is -0.729. The Bertz CT molecular complexity index is 604. The molecule has 7 heteroatoms. The van der Waals surface area contributed by atoms with Gasteiger partial charge in [0.1, 0.15) is 0 Å². The van der Waals surface area contributed by atoms with Crippen LogP contribution in [-0.2, 0) is 11.2 Å². The second kappa shape index (κ2) is 7.53. The first-order valence-electron chi connectivity index (χ1n) is 7.03. The molecule has 1 heterocycles. The molecule has 1 unspecified atom stereocenters. The Balaban J connectivity index is 1.94. The van der Waals surface area contributed by atoms with Crippen molar-refractivity contribution in [1.82, 2.24) is 15.0 Å². The maximum Gasteiger partial charge on any atom is 0.263 e. The summed E-state index contributed by atoms with van der Waals surface area (Å²) in [5, 5.41) is 3.69. The number of ether oxygens (including phenoxy) is 1. The van der Waals surface area contributed by atoms with Gasteiger partial charge in [-0.3, -0.25) is 4.79 Å². The molecular formula is C15H18FN3O3. The molecule has 0 bridgehead atoms. The number of hydrogen-bond acceptors (Lipinski definition) is 5. The van der Waals surface area contributed by atoms with E-state index in [1.807, 2.05) is 6.92 Å². The summed E-state index contributed by atoms with van der Waals surface area (Å²) in [5.74, 6) is -0.0885. The van der Waals surface area contributed by atoms with Crippen LogP contribution in [0.1, 0.15) is 19.2 Å². The lowest BCUT2D eigenvalue weighted by atomic mass is 10.2. The van der Waals surface area contributed by atoms with Crippen LogP contribution in [0.5, 0.6) is 5.75 Å². The van der Waals surface area contributed by atoms with Crippen molar-refractivity contribution in [1.29, 1.82) is 0 Å². The van der Waals surface area contributed by atoms with Gasteiger partial charge < -0.3 is 14.2 Å². The van der Waals surface area contributed by atoms with E-state index < -0.39 is 11.9 Å². The predicted octanol–water partition coefficient (Wildman–Crippen LogP) is 2.07. The fraction of sp³-hybridized carbons (Fsp3) is 0.400. The molecule has 1 atom stereocenters. The molecular weight excluding hydrogens is 289 g/mol. The van der Waals surface area contributed by atoms with E-state index in [4.69, 9.17) is 4.74 Å². The minimum absolute atomic E-state index is 0.0780. The molecule has 0 N–H and O–H groups in total. The maximum absolute atomic E-state index is 13.6. The number of amides is 1. The molecule has 118 valence electrons. The monoisotopic (exact) mass is 307 g/mol. The fourth-order valence-corrected chi connectivity index (χ4v) is 1.93. The van der Waals surface area contributed by atoms with Gasteiger partial charge in [0.2, 0.25) is 6.39 Å². The highest BCUT2D eigenvalue weighted by atomic mass is 19.1. The third-order valence-electron chi connectivity index (χ3n) is 3.21. The van der Waals surface area contributed by atoms with Crippen LogP contribution in [0.15, 0.2) is 35.2 Å². The van der Waals surface area contributed by atoms with E-state index in [0.717, 1.165) is 0 Å². The molecule has 1 aromatic carbocycles. The number of likely N-dealkylation sites (N-methyl/N-ethyl adjacent to an activating group) is 1. The number of halogens is 1. The molecule has 0 radical (unpaired) electrons. The average Bonchev–Trinajstić information content (AvgIpc) is 3.04. The first-order valence-corrected chi connectivity index (χ1v) is 7.03. The Morgan fingerprint density at radius 3 is 2.86 bits per heavy atom. The molecule has 22 heavy (non-hydrogen) atoms. The van der Waals surface area contributed by atoms with Gasteiger partial charge in [-0.1, -0.05) is 24.2 Å². The summed E-state index contributed by atoms with van der Waals surface area (Å²) in [4.78, 5) is 17.8. The number of para-hydroxylation sites is 1. The Morgan fingerprint density at radius 2 is 2.23 bits per heavy atom. The minimum Gasteiger partial charge on any atom is -0.478 e. The van der Waals surface area contributed by atoms with E-state index in [9.17, 15) is 9.18 Å². The highest BCUT2D eigenvalue weighted by Crippen LogP contribution is 2.18. The lowest BCUT2D eigenvalue weighted by Gasteiger charge is -2.23. The van der Waals surface area contributed by atoms with Crippen molar-refractivity contribution in [2.24, 2.45) is 0 Å². The van der Waals surface area contributed by atoms with Crippen molar-refractivity contribution in [3.63, 3.8) is 0 Å². The summed E-state index contributed by atoms with van der Waals surface area (Å²) >= 11 is 0. The zero-order valence-corrected chi connectivity index (χ0v) is 12.5. The molecule has 0 fully saturated rings. The average molecular weight is 307 g/mol. The summed E-state index contributed by atoms with van der Waals surface area (Å²) in [6, 6.07) is 6.04. The molecule has 0 aliphatic heterocycles. The van der Waals surface area contributed by atoms with E-state index in [-0.39, 0.29) is 11.7 Å². The quantitative estimate of drug-likeness (QED) is 0.783. The number of rotatable bonds is 7. The van der Waals surface area contributed by atoms with Crippen molar-refractivity contribution in [2.45, 2.75) is 25.9 Å². The van der Waals surface area contributed by atoms with E-state index in [1.165, 1.54) is 23.4 Å². The van der Waals surface area contributed by atoms with Gasteiger partial charge in [0.05, 0.1) is 0 Å². The SMILES string of the molecule is CCC(Oc1ccccc1F)C(=O)N(C)CCc1ncon1. The van der Waals surface area contributed by atoms with E-state index in [1.54, 1.807) is 19.2 Å². The number of hydrogen-bond donors (Lipinski definition) is 0. The van der Waals surface area contributed by atoms with Crippen LogP contribution in [-0.4, -0.2) is 40.6 Å². The number of benzene rings is 1. The lowest BCUT2D eigenvalue weighted by molar-refractivity contribution is -0.137. The summed E-state index contributed by atoms with van der Waals surface area (Å²) in [5.41, 5.74) is 0. The van der Waals surface area contributed by atoms with Crippen LogP contribution in [0.2, 0.25) is 0 Å². The number of aromatic nitrogens is 2. The molecule has 0 saturated heterocycles. The first-order chi connectivity index (χ1) is 10.6. The summed E-state index contributed by atoms with van der Waals surface area (Å²) in [6.07, 6.45) is 1.44. The molecule has 1 amide bonds. The van der Waals surface area contributed by atoms with Gasteiger partial charge in [-0.2, -0.15) is 4.98 Å². The van der Waals surface area contributed by atoms with Crippen LogP contribution in [0.25, 0.3) is 0 Å². The summed E-state index contributed by atoms with van der Waals surface area (Å²) in [6.45, 7) is 2.24. The Hall–Kier alpha value is -2.44. The zero-order chi connectivity index (χ0) is 15.9. The third-order valence-corrected chi connectivity index (χ3v) is 3.21. The Morgan fingerprint density at radius 1 is 1.45 bits per heavy atom. The third kappa shape index (κ3) is 4.03. The summed E-state index contributed by atoms with van der Waals surface area (Å²) < 4.78 is 23.7. The van der Waals surface area contributed by atoms with Gasteiger partial charge in [-0.15, -0.1) is 0 Å². The van der Waals surface area contributed by atoms with E-state index in [0.29, 0.717) is 25.2 Å². The second-order valence-corrected chi connectivity index (χ2v) is 4.80. The fourth-order valence-electron chi connectivity index (χ4n) is 1.93. The lowest BCUT2D eigenvalue weighted by Crippen LogP contribution is -2.40. The first kappa shape index (κ1) is 15.9. The largest absolute Gasteiger partial charge is 0.478 e. The molecule has 0 spiro atoms. The maximum atomic E-state index is 13.6. The summed E-state index contributed by atoms with van der Waals surface area (Å²) in [7, 11) is 1.66. The number of nitrogens with zero attached hydrogens (tertiary/aromatic N) is 3. The van der Waals surface area contributed by atoms with Crippen LogP contribution < -0.4 is 4.74 Å². The Labute approximate surface area is 127 Å². The van der Waals surface area contributed by atoms with Crippen LogP contribution in [0, 0.1) is 5.82 Å². The van der Waals surface area contributed by atoms with E-state index in [2.05, 4.69) is 14.7 Å². The van der Waals surface area contributed by atoms with Crippen LogP contribution >= 0.6 is 0 Å². The van der Waals surface area contributed by atoms with Crippen LogP contribution in [0.3, 0.4) is 0 Å². The van der Waals surface area contributed by atoms with Crippen molar-refractivity contribution in [3.05, 3.63) is 42.3 Å². The van der Waals surface area contributed by atoms with Gasteiger partial charge in [0.25, 0.3) is 5.91 Å². The Kier molecular flexibility index (Phi) is 5.46. The van der Waals surface area contributed by atoms with Gasteiger partial charge in [0.15, 0.2) is 23.5 Å². The van der Waals surface area contributed by atoms with Gasteiger partial charge >= 0.3 is 0 Å². The number of carbonyl (C=O) groups is 1. The van der Waals surface area contributed by atoms with Gasteiger partial charge in [-0.25, -0.2) is 4.39 Å². The smallest absolute Gasteiger partial charge is 0.263 e. The number of carbonyl (C=O) groups excluding carboxylic acids is 1. The second-order valence-electron chi connectivity index (χ2n) is 4.80. The van der Waals surface area contributed by atoms with Crippen molar-refractivity contribution >= 4 is 5.91 Å². The highest BCUT2D eigenvalue weighted by Gasteiger charge is 2.23. The molecule has 0 aliphatic rings. The molecule has 0 aliphatic carbocycles. The van der Waals surface area contributed by atoms with E-state index >= 15 is 0 Å². The standard InChI is InChI=1S/C15H18FN3O3/c1-3-12(22-13-7-5-4-6-11(13)16)15(20)19(2)9-8-14-17-10-21-18-14/h4-7,10,12H,3,8-9H2,1-2H3. The molecule has 2 aromatic rings.